The standard InChI is InChI=1S/C23H25FN4O/c1-17-4-10-20(11-5-17)28-22(23(29)25-12-15-27-13-2-3-14-27)16-21(26-28)18-6-8-19(24)9-7-18/h4-11,16H,2-3,12-15H2,1H3,(H,25,29)/p+1. The summed E-state index contributed by atoms with van der Waals surface area (Å²) in [7, 11) is 0. The number of carbonyl (C=O) groups excluding carboxylic acids is 1. The van der Waals surface area contributed by atoms with Gasteiger partial charge in [0.15, 0.2) is 0 Å². The first kappa shape index (κ1) is 19.3. The number of aryl methyl sites for hydroxylation is 1. The van der Waals surface area contributed by atoms with E-state index in [1.807, 2.05) is 31.2 Å². The fourth-order valence-electron chi connectivity index (χ4n) is 3.76. The number of nitrogens with zero attached hydrogens (tertiary/aromatic N) is 2. The number of hydrogen-bond acceptors (Lipinski definition) is 2. The Morgan fingerprint density at radius 2 is 1.79 bits per heavy atom. The van der Waals surface area contributed by atoms with E-state index in [-0.39, 0.29) is 11.7 Å². The molecule has 2 N–H and O–H groups in total. The van der Waals surface area contributed by atoms with E-state index in [0.717, 1.165) is 23.4 Å². The van der Waals surface area contributed by atoms with Crippen LogP contribution in [0.3, 0.4) is 0 Å². The lowest BCUT2D eigenvalue weighted by Gasteiger charge is -2.13. The molecule has 1 aliphatic rings. The minimum atomic E-state index is -0.297. The summed E-state index contributed by atoms with van der Waals surface area (Å²) in [5, 5.41) is 7.69. The maximum absolute atomic E-state index is 13.3. The summed E-state index contributed by atoms with van der Waals surface area (Å²) in [6.45, 7) is 5.97. The quantitative estimate of drug-likeness (QED) is 0.676. The van der Waals surface area contributed by atoms with Gasteiger partial charge in [0.05, 0.1) is 37.6 Å². The highest BCUT2D eigenvalue weighted by Crippen LogP contribution is 2.22. The molecule has 29 heavy (non-hydrogen) atoms. The van der Waals surface area contributed by atoms with Crippen LogP contribution in [-0.2, 0) is 0 Å². The van der Waals surface area contributed by atoms with E-state index in [1.165, 1.54) is 38.1 Å². The highest BCUT2D eigenvalue weighted by Gasteiger charge is 2.19. The molecule has 2 aromatic carbocycles. The third-order valence-electron chi connectivity index (χ3n) is 5.44. The molecule has 0 unspecified atom stereocenters. The Hall–Kier alpha value is -2.99. The first-order valence-electron chi connectivity index (χ1n) is 10.1. The van der Waals surface area contributed by atoms with Gasteiger partial charge >= 0.3 is 0 Å². The van der Waals surface area contributed by atoms with E-state index >= 15 is 0 Å². The minimum Gasteiger partial charge on any atom is -0.345 e. The molecule has 0 saturated carbocycles. The fourth-order valence-corrected chi connectivity index (χ4v) is 3.76. The van der Waals surface area contributed by atoms with Crippen molar-refractivity contribution in [3.8, 4) is 16.9 Å². The number of nitrogens with one attached hydrogen (secondary N) is 2. The Morgan fingerprint density at radius 1 is 1.10 bits per heavy atom. The molecule has 1 saturated heterocycles. The number of quaternary nitrogens is 1. The smallest absolute Gasteiger partial charge is 0.270 e. The van der Waals surface area contributed by atoms with Gasteiger partial charge in [0.1, 0.15) is 11.5 Å². The normalized spacial score (nSPS) is 14.3. The van der Waals surface area contributed by atoms with Gasteiger partial charge in [0, 0.05) is 18.4 Å². The molecular weight excluding hydrogens is 367 g/mol. The zero-order valence-corrected chi connectivity index (χ0v) is 16.6. The number of halogens is 1. The van der Waals surface area contributed by atoms with Crippen molar-refractivity contribution < 1.29 is 14.1 Å². The second kappa shape index (κ2) is 8.57. The number of hydrogen-bond donors (Lipinski definition) is 2. The Kier molecular flexibility index (Phi) is 5.71. The van der Waals surface area contributed by atoms with Gasteiger partial charge in [-0.2, -0.15) is 5.10 Å². The highest BCUT2D eigenvalue weighted by atomic mass is 19.1. The van der Waals surface area contributed by atoms with Gasteiger partial charge < -0.3 is 10.2 Å². The van der Waals surface area contributed by atoms with Gasteiger partial charge in [-0.25, -0.2) is 9.07 Å². The summed E-state index contributed by atoms with van der Waals surface area (Å²) < 4.78 is 15.0. The van der Waals surface area contributed by atoms with Crippen LogP contribution < -0.4 is 10.2 Å². The van der Waals surface area contributed by atoms with E-state index in [1.54, 1.807) is 27.8 Å². The topological polar surface area (TPSA) is 51.4 Å². The van der Waals surface area contributed by atoms with E-state index in [0.29, 0.717) is 17.9 Å². The number of likely N-dealkylation sites (tertiary alicyclic amines) is 1. The predicted molar refractivity (Wildman–Crippen MR) is 111 cm³/mol. The second-order valence-electron chi connectivity index (χ2n) is 7.63. The summed E-state index contributed by atoms with van der Waals surface area (Å²) in [5.74, 6) is -0.445. The largest absolute Gasteiger partial charge is 0.345 e. The van der Waals surface area contributed by atoms with Crippen LogP contribution in [0.2, 0.25) is 0 Å². The fraction of sp³-hybridized carbons (Fsp3) is 0.304. The molecule has 1 amide bonds. The van der Waals surface area contributed by atoms with E-state index in [9.17, 15) is 9.18 Å². The first-order chi connectivity index (χ1) is 14.1. The molecule has 0 aliphatic carbocycles. The van der Waals surface area contributed by atoms with Gasteiger partial charge in [-0.1, -0.05) is 17.7 Å². The van der Waals surface area contributed by atoms with Crippen LogP contribution in [0, 0.1) is 12.7 Å². The van der Waals surface area contributed by atoms with Crippen LogP contribution in [0.15, 0.2) is 54.6 Å². The first-order valence-corrected chi connectivity index (χ1v) is 10.1. The monoisotopic (exact) mass is 393 g/mol. The molecule has 6 heteroatoms. The van der Waals surface area contributed by atoms with Gasteiger partial charge in [0.25, 0.3) is 5.91 Å². The van der Waals surface area contributed by atoms with Gasteiger partial charge in [-0.05, 0) is 49.4 Å². The van der Waals surface area contributed by atoms with Crippen LogP contribution in [0.4, 0.5) is 4.39 Å². The highest BCUT2D eigenvalue weighted by molar-refractivity contribution is 5.94. The number of rotatable bonds is 6. The van der Waals surface area contributed by atoms with Crippen molar-refractivity contribution in [3.63, 3.8) is 0 Å². The van der Waals surface area contributed by atoms with E-state index in [2.05, 4.69) is 10.4 Å². The average Bonchev–Trinajstić information content (AvgIpc) is 3.39. The number of aromatic nitrogens is 2. The molecule has 0 radical (unpaired) electrons. The van der Waals surface area contributed by atoms with Gasteiger partial charge in [-0.15, -0.1) is 0 Å². The Morgan fingerprint density at radius 3 is 2.48 bits per heavy atom. The summed E-state index contributed by atoms with van der Waals surface area (Å²) in [4.78, 5) is 14.5. The van der Waals surface area contributed by atoms with Crippen LogP contribution in [0.5, 0.6) is 0 Å². The molecule has 1 fully saturated rings. The lowest BCUT2D eigenvalue weighted by atomic mass is 10.1. The second-order valence-corrected chi connectivity index (χ2v) is 7.63. The van der Waals surface area contributed by atoms with Crippen LogP contribution in [0.1, 0.15) is 28.9 Å². The third kappa shape index (κ3) is 4.54. The van der Waals surface area contributed by atoms with Crippen LogP contribution >= 0.6 is 0 Å². The Balaban J connectivity index is 1.60. The van der Waals surface area contributed by atoms with Crippen molar-refractivity contribution >= 4 is 5.91 Å². The van der Waals surface area contributed by atoms with Crippen molar-refractivity contribution in [2.75, 3.05) is 26.2 Å². The third-order valence-corrected chi connectivity index (χ3v) is 5.44. The lowest BCUT2D eigenvalue weighted by Crippen LogP contribution is -3.10. The molecule has 2 heterocycles. The molecule has 0 spiro atoms. The zero-order chi connectivity index (χ0) is 20.2. The van der Waals surface area contributed by atoms with Crippen molar-refractivity contribution in [2.45, 2.75) is 19.8 Å². The molecule has 4 rings (SSSR count). The van der Waals surface area contributed by atoms with Gasteiger partial charge in [0.2, 0.25) is 0 Å². The molecule has 5 nitrogen and oxygen atoms in total. The van der Waals surface area contributed by atoms with Crippen molar-refractivity contribution in [2.24, 2.45) is 0 Å². The molecule has 3 aromatic rings. The molecule has 0 bridgehead atoms. The van der Waals surface area contributed by atoms with E-state index in [4.69, 9.17) is 0 Å². The zero-order valence-electron chi connectivity index (χ0n) is 16.6. The number of benzene rings is 2. The summed E-state index contributed by atoms with van der Waals surface area (Å²) in [6, 6.07) is 15.8. The van der Waals surface area contributed by atoms with Crippen LogP contribution in [-0.4, -0.2) is 41.9 Å². The SMILES string of the molecule is Cc1ccc(-n2nc(-c3ccc(F)cc3)cc2C(=O)NCC[NH+]2CCCC2)cc1. The predicted octanol–water partition coefficient (Wildman–Crippen LogP) is 2.40. The van der Waals surface area contributed by atoms with Crippen molar-refractivity contribution in [1.29, 1.82) is 0 Å². The lowest BCUT2D eigenvalue weighted by molar-refractivity contribution is -0.886. The number of carbonyl (C=O) groups is 1. The maximum Gasteiger partial charge on any atom is 0.270 e. The minimum absolute atomic E-state index is 0.148. The van der Waals surface area contributed by atoms with Crippen molar-refractivity contribution in [1.82, 2.24) is 15.1 Å². The Bertz CT molecular complexity index is 973. The molecule has 150 valence electrons. The summed E-state index contributed by atoms with van der Waals surface area (Å²) in [6.07, 6.45) is 2.54. The molecular formula is C23H26FN4O+. The molecule has 1 aliphatic heterocycles. The van der Waals surface area contributed by atoms with Gasteiger partial charge in [-0.3, -0.25) is 4.79 Å². The summed E-state index contributed by atoms with van der Waals surface area (Å²) in [5.41, 5.74) is 3.84. The maximum atomic E-state index is 13.3. The average molecular weight is 393 g/mol. The van der Waals surface area contributed by atoms with E-state index < -0.39 is 0 Å². The molecule has 1 aromatic heterocycles. The van der Waals surface area contributed by atoms with Crippen molar-refractivity contribution in [3.05, 3.63) is 71.7 Å². The number of amides is 1. The summed E-state index contributed by atoms with van der Waals surface area (Å²) >= 11 is 0. The van der Waals surface area contributed by atoms with Crippen LogP contribution in [0.25, 0.3) is 16.9 Å². The molecule has 0 atom stereocenters. The Labute approximate surface area is 170 Å².